The monoisotopic (exact) mass is 308 g/mol. The van der Waals surface area contributed by atoms with Crippen molar-refractivity contribution in [2.24, 2.45) is 5.92 Å². The minimum absolute atomic E-state index is 0.0158. The van der Waals surface area contributed by atoms with Crippen molar-refractivity contribution in [2.75, 3.05) is 6.61 Å². The first-order valence-electron chi connectivity index (χ1n) is 7.03. The van der Waals surface area contributed by atoms with Gasteiger partial charge in [0.05, 0.1) is 6.61 Å². The summed E-state index contributed by atoms with van der Waals surface area (Å²) >= 11 is 0. The van der Waals surface area contributed by atoms with Gasteiger partial charge in [-0.3, -0.25) is 0 Å². The Kier molecular flexibility index (Phi) is 3.72. The summed E-state index contributed by atoms with van der Waals surface area (Å²) in [5.41, 5.74) is 0.909. The lowest BCUT2D eigenvalue weighted by atomic mass is 9.98. The lowest BCUT2D eigenvalue weighted by Gasteiger charge is -2.24. The van der Waals surface area contributed by atoms with Crippen LogP contribution in [0.5, 0.6) is 17.2 Å². The van der Waals surface area contributed by atoms with E-state index >= 15 is 0 Å². The van der Waals surface area contributed by atoms with Crippen LogP contribution in [-0.4, -0.2) is 6.61 Å². The first-order chi connectivity index (χ1) is 10.5. The highest BCUT2D eigenvalue weighted by Gasteiger charge is 2.26. The molecule has 0 fully saturated rings. The highest BCUT2D eigenvalue weighted by molar-refractivity contribution is 5.46. The van der Waals surface area contributed by atoms with E-state index in [4.69, 9.17) is 9.47 Å². The molecule has 116 valence electrons. The molecule has 0 amide bonds. The third-order valence-corrected chi connectivity index (χ3v) is 3.65. The fourth-order valence-electron chi connectivity index (χ4n) is 2.45. The van der Waals surface area contributed by atoms with Gasteiger partial charge in [0, 0.05) is 11.6 Å². The number of aryl methyl sites for hydroxylation is 1. The summed E-state index contributed by atoms with van der Waals surface area (Å²) in [7, 11) is 0. The fraction of sp³-hybridized carbons (Fsp3) is 0.294. The van der Waals surface area contributed by atoms with Crippen molar-refractivity contribution < 1.29 is 22.6 Å². The summed E-state index contributed by atoms with van der Waals surface area (Å²) in [5, 5.41) is 0. The highest BCUT2D eigenvalue weighted by Crippen LogP contribution is 2.39. The zero-order valence-corrected chi connectivity index (χ0v) is 12.3. The molecule has 0 bridgehead atoms. The largest absolute Gasteiger partial charge is 0.490 e. The van der Waals surface area contributed by atoms with Gasteiger partial charge in [0.15, 0.2) is 11.6 Å². The van der Waals surface area contributed by atoms with Gasteiger partial charge >= 0.3 is 0 Å². The van der Waals surface area contributed by atoms with E-state index in [2.05, 4.69) is 0 Å². The number of hydrogen-bond donors (Lipinski definition) is 0. The third kappa shape index (κ3) is 2.63. The molecular formula is C17H15F3O2. The molecule has 1 unspecified atom stereocenters. The van der Waals surface area contributed by atoms with Crippen LogP contribution in [0.3, 0.4) is 0 Å². The van der Waals surface area contributed by atoms with Gasteiger partial charge in [-0.2, -0.15) is 4.39 Å². The molecule has 2 nitrogen and oxygen atoms in total. The minimum atomic E-state index is -0.886. The molecule has 1 aliphatic rings. The van der Waals surface area contributed by atoms with E-state index in [0.717, 1.165) is 6.07 Å². The molecule has 0 aliphatic carbocycles. The molecule has 0 spiro atoms. The molecule has 22 heavy (non-hydrogen) atoms. The molecule has 0 aromatic heterocycles. The Hall–Kier alpha value is -2.17. The van der Waals surface area contributed by atoms with Crippen molar-refractivity contribution in [3.63, 3.8) is 0 Å². The number of rotatable bonds is 2. The van der Waals surface area contributed by atoms with Crippen LogP contribution in [0.25, 0.3) is 0 Å². The van der Waals surface area contributed by atoms with Crippen molar-refractivity contribution in [3.05, 3.63) is 52.8 Å². The molecule has 1 heterocycles. The van der Waals surface area contributed by atoms with Crippen molar-refractivity contribution in [1.29, 1.82) is 0 Å². The van der Waals surface area contributed by atoms with Gasteiger partial charge in [-0.15, -0.1) is 0 Å². The van der Waals surface area contributed by atoms with E-state index in [9.17, 15) is 13.2 Å². The van der Waals surface area contributed by atoms with Crippen molar-refractivity contribution in [2.45, 2.75) is 20.3 Å². The van der Waals surface area contributed by atoms with Crippen LogP contribution < -0.4 is 9.47 Å². The average Bonchev–Trinajstić information content (AvgIpc) is 2.46. The van der Waals surface area contributed by atoms with Crippen LogP contribution >= 0.6 is 0 Å². The second-order valence-electron chi connectivity index (χ2n) is 5.62. The SMILES string of the molecule is Cc1ccc(Oc2c(F)cc3c(c2F)OCC(C)C3)cc1F. The molecule has 3 rings (SSSR count). The van der Waals surface area contributed by atoms with Crippen molar-refractivity contribution >= 4 is 0 Å². The smallest absolute Gasteiger partial charge is 0.210 e. The number of ether oxygens (including phenoxy) is 2. The van der Waals surface area contributed by atoms with Crippen LogP contribution in [0, 0.1) is 30.3 Å². The Labute approximate surface area is 126 Å². The van der Waals surface area contributed by atoms with Crippen LogP contribution in [0.1, 0.15) is 18.1 Å². The predicted molar refractivity (Wildman–Crippen MR) is 75.9 cm³/mol. The maximum absolute atomic E-state index is 14.4. The highest BCUT2D eigenvalue weighted by atomic mass is 19.1. The standard InChI is InChI=1S/C17H15F3O2/c1-9-5-11-6-14(19)17(15(20)16(11)21-8-9)22-12-4-3-10(2)13(18)7-12/h3-4,6-7,9H,5,8H2,1-2H3. The lowest BCUT2D eigenvalue weighted by Crippen LogP contribution is -2.19. The summed E-state index contributed by atoms with van der Waals surface area (Å²) in [6.07, 6.45) is 0.544. The predicted octanol–water partition coefficient (Wildman–Crippen LogP) is 4.78. The molecule has 1 aliphatic heterocycles. The maximum Gasteiger partial charge on any atom is 0.210 e. The minimum Gasteiger partial charge on any atom is -0.490 e. The molecule has 0 saturated carbocycles. The Morgan fingerprint density at radius 1 is 1.14 bits per heavy atom. The van der Waals surface area contributed by atoms with Crippen LogP contribution in [-0.2, 0) is 6.42 Å². The first kappa shape index (κ1) is 14.8. The second-order valence-corrected chi connectivity index (χ2v) is 5.62. The normalized spacial score (nSPS) is 16.9. The Bertz CT molecular complexity index is 728. The van der Waals surface area contributed by atoms with E-state index in [1.165, 1.54) is 18.2 Å². The maximum atomic E-state index is 14.4. The van der Waals surface area contributed by atoms with E-state index in [-0.39, 0.29) is 17.4 Å². The van der Waals surface area contributed by atoms with Gasteiger partial charge in [-0.1, -0.05) is 13.0 Å². The van der Waals surface area contributed by atoms with E-state index in [1.54, 1.807) is 6.92 Å². The molecule has 0 N–H and O–H groups in total. The Morgan fingerprint density at radius 3 is 2.64 bits per heavy atom. The van der Waals surface area contributed by atoms with Crippen LogP contribution in [0.4, 0.5) is 13.2 Å². The fourth-order valence-corrected chi connectivity index (χ4v) is 2.45. The average molecular weight is 308 g/mol. The van der Waals surface area contributed by atoms with Gasteiger partial charge in [0.1, 0.15) is 11.6 Å². The quantitative estimate of drug-likeness (QED) is 0.795. The molecule has 1 atom stereocenters. The summed E-state index contributed by atoms with van der Waals surface area (Å²) in [4.78, 5) is 0. The summed E-state index contributed by atoms with van der Waals surface area (Å²) in [6, 6.07) is 5.25. The number of fused-ring (bicyclic) bond motifs is 1. The topological polar surface area (TPSA) is 18.5 Å². The van der Waals surface area contributed by atoms with Crippen LogP contribution in [0.15, 0.2) is 24.3 Å². The zero-order chi connectivity index (χ0) is 15.9. The lowest BCUT2D eigenvalue weighted by molar-refractivity contribution is 0.219. The molecule has 0 saturated heterocycles. The molecule has 2 aromatic rings. The zero-order valence-electron chi connectivity index (χ0n) is 12.3. The molecular weight excluding hydrogens is 293 g/mol. The van der Waals surface area contributed by atoms with Crippen LogP contribution in [0.2, 0.25) is 0 Å². The van der Waals surface area contributed by atoms with Gasteiger partial charge < -0.3 is 9.47 Å². The Balaban J connectivity index is 1.99. The summed E-state index contributed by atoms with van der Waals surface area (Å²) < 4.78 is 52.6. The number of halogens is 3. The van der Waals surface area contributed by atoms with Gasteiger partial charge in [0.25, 0.3) is 0 Å². The number of hydrogen-bond acceptors (Lipinski definition) is 2. The van der Waals surface area contributed by atoms with Crippen molar-refractivity contribution in [3.8, 4) is 17.2 Å². The van der Waals surface area contributed by atoms with Gasteiger partial charge in [-0.25, -0.2) is 8.78 Å². The third-order valence-electron chi connectivity index (χ3n) is 3.65. The molecule has 5 heteroatoms. The van der Waals surface area contributed by atoms with Crippen molar-refractivity contribution in [1.82, 2.24) is 0 Å². The molecule has 2 aromatic carbocycles. The Morgan fingerprint density at radius 2 is 1.91 bits per heavy atom. The van der Waals surface area contributed by atoms with E-state index < -0.39 is 23.2 Å². The van der Waals surface area contributed by atoms with Gasteiger partial charge in [0.2, 0.25) is 11.6 Å². The van der Waals surface area contributed by atoms with E-state index in [0.29, 0.717) is 24.2 Å². The summed E-state index contributed by atoms with van der Waals surface area (Å²) in [6.45, 7) is 3.90. The number of benzene rings is 2. The van der Waals surface area contributed by atoms with Gasteiger partial charge in [-0.05, 0) is 37.0 Å². The molecule has 0 radical (unpaired) electrons. The summed E-state index contributed by atoms with van der Waals surface area (Å²) in [5.74, 6) is -2.54. The second kappa shape index (κ2) is 5.55. The van der Waals surface area contributed by atoms with E-state index in [1.807, 2.05) is 6.92 Å². The first-order valence-corrected chi connectivity index (χ1v) is 7.03.